The number of nitro benzene ring substituents is 1. The minimum Gasteiger partial charge on any atom is -0.478 e. The number of rotatable bonds is 4. The Kier molecular flexibility index (Phi) is 3.70. The number of nitrogens with zero attached hydrogens (tertiary/aromatic N) is 3. The number of nitro groups is 1. The third-order valence-corrected chi connectivity index (χ3v) is 3.38. The standard InChI is InChI=1S/C11H8FN3O4S/c1-14-5-6(4-13-14)20-10-3-8(12)7(11(16)17)2-9(10)15(18)19/h2-5H,1H3,(H,16,17). The van der Waals surface area contributed by atoms with Crippen LogP contribution in [0.4, 0.5) is 10.1 Å². The van der Waals surface area contributed by atoms with Gasteiger partial charge >= 0.3 is 5.97 Å². The number of aromatic carboxylic acids is 1. The summed E-state index contributed by atoms with van der Waals surface area (Å²) in [5.41, 5.74) is -1.19. The van der Waals surface area contributed by atoms with E-state index in [0.29, 0.717) is 4.90 Å². The van der Waals surface area contributed by atoms with Crippen LogP contribution in [0.15, 0.2) is 34.3 Å². The highest BCUT2D eigenvalue weighted by molar-refractivity contribution is 7.99. The van der Waals surface area contributed by atoms with Crippen LogP contribution in [0.1, 0.15) is 10.4 Å². The van der Waals surface area contributed by atoms with Crippen molar-refractivity contribution in [3.05, 3.63) is 46.0 Å². The van der Waals surface area contributed by atoms with E-state index in [4.69, 9.17) is 5.11 Å². The summed E-state index contributed by atoms with van der Waals surface area (Å²) in [5, 5.41) is 23.6. The van der Waals surface area contributed by atoms with Crippen molar-refractivity contribution < 1.29 is 19.2 Å². The number of aromatic nitrogens is 2. The molecule has 0 spiro atoms. The maximum absolute atomic E-state index is 13.6. The average molecular weight is 297 g/mol. The van der Waals surface area contributed by atoms with Gasteiger partial charge in [-0.25, -0.2) is 9.18 Å². The first-order valence-electron chi connectivity index (χ1n) is 5.26. The lowest BCUT2D eigenvalue weighted by molar-refractivity contribution is -0.387. The molecule has 104 valence electrons. The molecule has 9 heteroatoms. The molecule has 0 fully saturated rings. The molecule has 0 saturated heterocycles. The number of carboxylic acid groups (broad SMARTS) is 1. The summed E-state index contributed by atoms with van der Waals surface area (Å²) >= 11 is 0.940. The molecule has 20 heavy (non-hydrogen) atoms. The zero-order valence-corrected chi connectivity index (χ0v) is 10.9. The van der Waals surface area contributed by atoms with Crippen molar-refractivity contribution in [2.24, 2.45) is 7.05 Å². The van der Waals surface area contributed by atoms with E-state index in [1.165, 1.54) is 10.9 Å². The summed E-state index contributed by atoms with van der Waals surface area (Å²) in [6.07, 6.45) is 3.08. The maximum atomic E-state index is 13.6. The second kappa shape index (κ2) is 5.29. The molecule has 1 N–H and O–H groups in total. The van der Waals surface area contributed by atoms with Gasteiger partial charge in [-0.2, -0.15) is 5.10 Å². The van der Waals surface area contributed by atoms with Crippen molar-refractivity contribution in [2.75, 3.05) is 0 Å². The summed E-state index contributed by atoms with van der Waals surface area (Å²) in [5.74, 6) is -2.57. The Morgan fingerprint density at radius 1 is 1.55 bits per heavy atom. The number of halogens is 1. The van der Waals surface area contributed by atoms with Crippen LogP contribution in [0.5, 0.6) is 0 Å². The lowest BCUT2D eigenvalue weighted by Crippen LogP contribution is -2.03. The maximum Gasteiger partial charge on any atom is 0.338 e. The molecule has 1 aromatic heterocycles. The molecule has 0 amide bonds. The molecule has 0 saturated carbocycles. The molecule has 0 radical (unpaired) electrons. The third-order valence-electron chi connectivity index (χ3n) is 2.38. The second-order valence-electron chi connectivity index (χ2n) is 3.81. The number of hydrogen-bond acceptors (Lipinski definition) is 5. The molecule has 2 rings (SSSR count). The lowest BCUT2D eigenvalue weighted by Gasteiger charge is -2.04. The van der Waals surface area contributed by atoms with E-state index in [1.807, 2.05) is 0 Å². The molecule has 0 aliphatic heterocycles. The van der Waals surface area contributed by atoms with Crippen molar-refractivity contribution >= 4 is 23.4 Å². The van der Waals surface area contributed by atoms with Crippen LogP contribution >= 0.6 is 11.8 Å². The summed E-state index contributed by atoms with van der Waals surface area (Å²) in [6, 6.07) is 1.57. The molecule has 7 nitrogen and oxygen atoms in total. The highest BCUT2D eigenvalue weighted by Gasteiger charge is 2.22. The topological polar surface area (TPSA) is 98.3 Å². The van der Waals surface area contributed by atoms with Gasteiger partial charge in [0.05, 0.1) is 20.9 Å². The Bertz CT molecular complexity index is 701. The van der Waals surface area contributed by atoms with Gasteiger partial charge in [-0.05, 0) is 6.07 Å². The van der Waals surface area contributed by atoms with E-state index in [9.17, 15) is 19.3 Å². The molecule has 2 aromatic rings. The fraction of sp³-hybridized carbons (Fsp3) is 0.0909. The van der Waals surface area contributed by atoms with Crippen LogP contribution in [0.25, 0.3) is 0 Å². The predicted molar refractivity (Wildman–Crippen MR) is 67.3 cm³/mol. The fourth-order valence-corrected chi connectivity index (χ4v) is 2.47. The van der Waals surface area contributed by atoms with Crippen molar-refractivity contribution in [3.8, 4) is 0 Å². The van der Waals surface area contributed by atoms with Crippen molar-refractivity contribution in [1.29, 1.82) is 0 Å². The quantitative estimate of drug-likeness (QED) is 0.687. The van der Waals surface area contributed by atoms with Crippen molar-refractivity contribution in [2.45, 2.75) is 9.79 Å². The van der Waals surface area contributed by atoms with Crippen LogP contribution in [-0.2, 0) is 7.05 Å². The normalized spacial score (nSPS) is 10.5. The molecule has 0 unspecified atom stereocenters. The Balaban J connectivity index is 2.48. The Hall–Kier alpha value is -2.42. The van der Waals surface area contributed by atoms with E-state index in [0.717, 1.165) is 23.9 Å². The number of carboxylic acids is 1. The van der Waals surface area contributed by atoms with Gasteiger partial charge in [0, 0.05) is 19.3 Å². The van der Waals surface area contributed by atoms with Crippen LogP contribution in [0.2, 0.25) is 0 Å². The first-order chi connectivity index (χ1) is 9.38. The zero-order valence-electron chi connectivity index (χ0n) is 10.1. The molecule has 0 bridgehead atoms. The van der Waals surface area contributed by atoms with Gasteiger partial charge in [0.1, 0.15) is 11.4 Å². The summed E-state index contributed by atoms with van der Waals surface area (Å²) in [4.78, 5) is 21.6. The zero-order chi connectivity index (χ0) is 14.9. The smallest absolute Gasteiger partial charge is 0.338 e. The Labute approximate surface area is 116 Å². The minimum atomic E-state index is -1.55. The SMILES string of the molecule is Cn1cc(Sc2cc(F)c(C(=O)O)cc2[N+](=O)[O-])cn1. The molecule has 0 atom stereocenters. The molecule has 1 heterocycles. The highest BCUT2D eigenvalue weighted by Crippen LogP contribution is 2.36. The van der Waals surface area contributed by atoms with Crippen molar-refractivity contribution in [1.82, 2.24) is 9.78 Å². The van der Waals surface area contributed by atoms with Crippen LogP contribution in [-0.4, -0.2) is 25.8 Å². The van der Waals surface area contributed by atoms with Gasteiger partial charge in [-0.15, -0.1) is 0 Å². The number of carbonyl (C=O) groups is 1. The van der Waals surface area contributed by atoms with Gasteiger partial charge in [0.25, 0.3) is 5.69 Å². The van der Waals surface area contributed by atoms with E-state index in [-0.39, 0.29) is 4.90 Å². The van der Waals surface area contributed by atoms with Crippen molar-refractivity contribution in [3.63, 3.8) is 0 Å². The minimum absolute atomic E-state index is 0.0190. The number of aryl methyl sites for hydroxylation is 1. The Morgan fingerprint density at radius 2 is 2.25 bits per heavy atom. The summed E-state index contributed by atoms with van der Waals surface area (Å²) in [6.45, 7) is 0. The van der Waals surface area contributed by atoms with Crippen LogP contribution in [0, 0.1) is 15.9 Å². The van der Waals surface area contributed by atoms with Gasteiger partial charge in [-0.3, -0.25) is 14.8 Å². The largest absolute Gasteiger partial charge is 0.478 e. The first kappa shape index (κ1) is 14.0. The first-order valence-corrected chi connectivity index (χ1v) is 6.08. The second-order valence-corrected chi connectivity index (χ2v) is 4.93. The van der Waals surface area contributed by atoms with Gasteiger partial charge in [0.15, 0.2) is 0 Å². The average Bonchev–Trinajstić information content (AvgIpc) is 2.74. The molecule has 1 aromatic carbocycles. The van der Waals surface area contributed by atoms with Crippen LogP contribution < -0.4 is 0 Å². The summed E-state index contributed by atoms with van der Waals surface area (Å²) in [7, 11) is 1.67. The molecule has 0 aliphatic carbocycles. The highest BCUT2D eigenvalue weighted by atomic mass is 32.2. The van der Waals surface area contributed by atoms with Crippen LogP contribution in [0.3, 0.4) is 0 Å². The molecular formula is C11H8FN3O4S. The van der Waals surface area contributed by atoms with E-state index in [2.05, 4.69) is 5.10 Å². The van der Waals surface area contributed by atoms with E-state index >= 15 is 0 Å². The number of benzene rings is 1. The monoisotopic (exact) mass is 297 g/mol. The van der Waals surface area contributed by atoms with E-state index < -0.39 is 28.0 Å². The predicted octanol–water partition coefficient (Wildman–Crippen LogP) is 2.32. The fourth-order valence-electron chi connectivity index (χ4n) is 1.51. The van der Waals surface area contributed by atoms with Gasteiger partial charge in [0.2, 0.25) is 0 Å². The Morgan fingerprint density at radius 3 is 2.75 bits per heavy atom. The van der Waals surface area contributed by atoms with Gasteiger partial charge < -0.3 is 5.11 Å². The van der Waals surface area contributed by atoms with Gasteiger partial charge in [-0.1, -0.05) is 11.8 Å². The lowest BCUT2D eigenvalue weighted by atomic mass is 10.2. The summed E-state index contributed by atoms with van der Waals surface area (Å²) < 4.78 is 15.1. The molecule has 0 aliphatic rings. The third kappa shape index (κ3) is 2.77. The molecular weight excluding hydrogens is 289 g/mol. The number of hydrogen-bond donors (Lipinski definition) is 1. The van der Waals surface area contributed by atoms with E-state index in [1.54, 1.807) is 13.2 Å².